The normalized spacial score (nSPS) is 11.1. The van der Waals surface area contributed by atoms with Crippen LogP contribution in [-0.2, 0) is 35.7 Å². The van der Waals surface area contributed by atoms with E-state index >= 15 is 0 Å². The maximum absolute atomic E-state index is 11.7. The standard InChI is InChI=1S/C18H23N3O4.C13H20N2O2/c1-18(2,3)25-17(24)21-10-12-7-5-6-11(8-12)9-20-14-13(19-4)15(22)16(14)23;1-13(2,3)17-12(16)15-9-11-6-4-5-10(7-11)8-14/h5-8,19-20H,9-10H2,1-4H3,(H,21,24);4-7H,8-9,14H2,1-3H3,(H,15,16). The van der Waals surface area contributed by atoms with Gasteiger partial charge in [0.2, 0.25) is 0 Å². The largest absolute Gasteiger partial charge is 0.444 e. The van der Waals surface area contributed by atoms with Crippen molar-refractivity contribution in [3.8, 4) is 0 Å². The molecule has 0 radical (unpaired) electrons. The number of carbonyl (C=O) groups excluding carboxylic acids is 2. The Balaban J connectivity index is 0.000000317. The number of anilines is 2. The highest BCUT2D eigenvalue weighted by Gasteiger charge is 2.19. The molecule has 228 valence electrons. The molecule has 11 heteroatoms. The molecule has 0 heterocycles. The Morgan fingerprint density at radius 3 is 1.52 bits per heavy atom. The third kappa shape index (κ3) is 11.6. The number of rotatable bonds is 9. The van der Waals surface area contributed by atoms with E-state index in [1.807, 2.05) is 69.3 Å². The molecule has 0 saturated carbocycles. The smallest absolute Gasteiger partial charge is 0.407 e. The zero-order valence-electron chi connectivity index (χ0n) is 25.5. The van der Waals surface area contributed by atoms with Gasteiger partial charge < -0.3 is 36.5 Å². The number of ether oxygens (including phenoxy) is 2. The molecule has 11 nitrogen and oxygen atoms in total. The first-order valence-electron chi connectivity index (χ1n) is 13.7. The van der Waals surface area contributed by atoms with E-state index in [0.29, 0.717) is 37.6 Å². The topological polar surface area (TPSA) is 161 Å². The lowest BCUT2D eigenvalue weighted by atomic mass is 10.1. The first-order valence-corrected chi connectivity index (χ1v) is 13.7. The predicted molar refractivity (Wildman–Crippen MR) is 165 cm³/mol. The molecule has 3 aromatic carbocycles. The average molecular weight is 582 g/mol. The van der Waals surface area contributed by atoms with Crippen molar-refractivity contribution in [1.82, 2.24) is 10.6 Å². The van der Waals surface area contributed by atoms with E-state index in [9.17, 15) is 19.2 Å². The minimum atomic E-state index is -0.540. The lowest BCUT2D eigenvalue weighted by Crippen LogP contribution is -2.36. The fourth-order valence-corrected chi connectivity index (χ4v) is 3.68. The van der Waals surface area contributed by atoms with Crippen molar-refractivity contribution in [2.24, 2.45) is 5.73 Å². The molecule has 6 N–H and O–H groups in total. The monoisotopic (exact) mass is 581 g/mol. The molecule has 0 atom stereocenters. The van der Waals surface area contributed by atoms with Crippen molar-refractivity contribution < 1.29 is 19.1 Å². The van der Waals surface area contributed by atoms with Crippen LogP contribution in [0, 0.1) is 0 Å². The van der Waals surface area contributed by atoms with Crippen LogP contribution in [0.2, 0.25) is 0 Å². The first-order chi connectivity index (χ1) is 19.6. The summed E-state index contributed by atoms with van der Waals surface area (Å²) in [6.45, 7) is 12.6. The summed E-state index contributed by atoms with van der Waals surface area (Å²) in [6.07, 6.45) is -0.880. The van der Waals surface area contributed by atoms with Gasteiger partial charge in [0.1, 0.15) is 22.6 Å². The maximum atomic E-state index is 11.7. The van der Waals surface area contributed by atoms with Crippen LogP contribution in [0.4, 0.5) is 21.0 Å². The summed E-state index contributed by atoms with van der Waals surface area (Å²) in [6, 6.07) is 15.4. The van der Waals surface area contributed by atoms with Gasteiger partial charge in [-0.3, -0.25) is 9.59 Å². The van der Waals surface area contributed by atoms with Gasteiger partial charge in [0.25, 0.3) is 10.9 Å². The van der Waals surface area contributed by atoms with Crippen molar-refractivity contribution in [3.05, 3.63) is 91.2 Å². The molecule has 0 aromatic heterocycles. The minimum absolute atomic E-state index is 0.310. The lowest BCUT2D eigenvalue weighted by Gasteiger charge is -2.19. The van der Waals surface area contributed by atoms with Gasteiger partial charge in [0, 0.05) is 33.2 Å². The molecule has 0 saturated heterocycles. The summed E-state index contributed by atoms with van der Waals surface area (Å²) in [5, 5.41) is 11.1. The molecule has 0 aliphatic heterocycles. The highest BCUT2D eigenvalue weighted by atomic mass is 16.6. The third-order valence-corrected chi connectivity index (χ3v) is 5.52. The van der Waals surface area contributed by atoms with Crippen LogP contribution in [-0.4, -0.2) is 30.4 Å². The van der Waals surface area contributed by atoms with E-state index in [-0.39, 0.29) is 0 Å². The van der Waals surface area contributed by atoms with Gasteiger partial charge in [0.15, 0.2) is 0 Å². The second kappa shape index (κ2) is 15.0. The molecular formula is C31H43N5O6. The molecule has 0 spiro atoms. The summed E-state index contributed by atoms with van der Waals surface area (Å²) in [4.78, 5) is 46.0. The fraction of sp³-hybridized carbons (Fsp3) is 0.419. The third-order valence-electron chi connectivity index (χ3n) is 5.52. The van der Waals surface area contributed by atoms with E-state index < -0.39 is 34.2 Å². The van der Waals surface area contributed by atoms with Gasteiger partial charge in [-0.25, -0.2) is 9.59 Å². The Labute approximate surface area is 246 Å². The average Bonchev–Trinajstić information content (AvgIpc) is 2.91. The molecule has 3 aromatic rings. The van der Waals surface area contributed by atoms with Gasteiger partial charge in [-0.2, -0.15) is 0 Å². The quantitative estimate of drug-likeness (QED) is 0.234. The van der Waals surface area contributed by atoms with Crippen LogP contribution in [0.15, 0.2) is 58.1 Å². The molecule has 2 amide bonds. The summed E-state index contributed by atoms with van der Waals surface area (Å²) in [5.74, 6) is 0. The zero-order chi connectivity index (χ0) is 31.5. The lowest BCUT2D eigenvalue weighted by molar-refractivity contribution is 0.0512. The van der Waals surface area contributed by atoms with Crippen LogP contribution in [0.25, 0.3) is 0 Å². The number of amides is 2. The molecule has 0 unspecified atom stereocenters. The highest BCUT2D eigenvalue weighted by Crippen LogP contribution is 2.15. The SMILES string of the molecule is CC(C)(C)OC(=O)NCc1cccc(CN)c1.CNc1c(NCc2cccc(CNC(=O)OC(C)(C)C)c2)c(=O)c1=O. The van der Waals surface area contributed by atoms with Crippen molar-refractivity contribution in [1.29, 1.82) is 0 Å². The number of nitrogens with one attached hydrogen (secondary N) is 4. The van der Waals surface area contributed by atoms with E-state index in [0.717, 1.165) is 22.3 Å². The van der Waals surface area contributed by atoms with Gasteiger partial charge in [-0.15, -0.1) is 0 Å². The van der Waals surface area contributed by atoms with Crippen LogP contribution < -0.4 is 37.9 Å². The number of carbonyl (C=O) groups is 2. The van der Waals surface area contributed by atoms with Crippen molar-refractivity contribution >= 4 is 23.6 Å². The fourth-order valence-electron chi connectivity index (χ4n) is 3.68. The van der Waals surface area contributed by atoms with Crippen LogP contribution >= 0.6 is 0 Å². The van der Waals surface area contributed by atoms with Crippen molar-refractivity contribution in [2.75, 3.05) is 17.7 Å². The van der Waals surface area contributed by atoms with Gasteiger partial charge >= 0.3 is 12.2 Å². The van der Waals surface area contributed by atoms with E-state index in [1.165, 1.54) is 0 Å². The van der Waals surface area contributed by atoms with Gasteiger partial charge in [-0.05, 0) is 63.8 Å². The van der Waals surface area contributed by atoms with Gasteiger partial charge in [0.05, 0.1) is 0 Å². The maximum Gasteiger partial charge on any atom is 0.407 e. The van der Waals surface area contributed by atoms with E-state index in [2.05, 4.69) is 21.3 Å². The Bertz CT molecular complexity index is 1410. The molecule has 0 aliphatic carbocycles. The first kappa shape index (κ1) is 33.8. The minimum Gasteiger partial charge on any atom is -0.444 e. The second-order valence-corrected chi connectivity index (χ2v) is 11.6. The van der Waals surface area contributed by atoms with Crippen LogP contribution in [0.5, 0.6) is 0 Å². The number of alkyl carbamates (subject to hydrolysis) is 2. The molecule has 3 rings (SSSR count). The number of hydrogen-bond acceptors (Lipinski definition) is 9. The molecule has 0 bridgehead atoms. The summed E-state index contributed by atoms with van der Waals surface area (Å²) in [5.41, 5.74) is 8.05. The van der Waals surface area contributed by atoms with Crippen LogP contribution in [0.3, 0.4) is 0 Å². The Hall–Kier alpha value is -4.38. The summed E-state index contributed by atoms with van der Waals surface area (Å²) >= 11 is 0. The summed E-state index contributed by atoms with van der Waals surface area (Å²) in [7, 11) is 1.60. The molecular weight excluding hydrogens is 538 g/mol. The van der Waals surface area contributed by atoms with E-state index in [4.69, 9.17) is 15.2 Å². The zero-order valence-corrected chi connectivity index (χ0v) is 25.5. The Morgan fingerprint density at radius 1 is 0.690 bits per heavy atom. The highest BCUT2D eigenvalue weighted by molar-refractivity contribution is 5.73. The van der Waals surface area contributed by atoms with Gasteiger partial charge in [-0.1, -0.05) is 48.5 Å². The summed E-state index contributed by atoms with van der Waals surface area (Å²) < 4.78 is 10.3. The van der Waals surface area contributed by atoms with Crippen LogP contribution in [0.1, 0.15) is 63.8 Å². The predicted octanol–water partition coefficient (Wildman–Crippen LogP) is 4.13. The molecule has 42 heavy (non-hydrogen) atoms. The Morgan fingerprint density at radius 2 is 1.10 bits per heavy atom. The number of hydrogen-bond donors (Lipinski definition) is 5. The van der Waals surface area contributed by atoms with Crippen molar-refractivity contribution in [3.63, 3.8) is 0 Å². The number of nitrogens with two attached hydrogens (primary N) is 1. The second-order valence-electron chi connectivity index (χ2n) is 11.6. The Kier molecular flexibility index (Phi) is 12.1. The van der Waals surface area contributed by atoms with E-state index in [1.54, 1.807) is 27.8 Å². The molecule has 0 fully saturated rings. The molecule has 0 aliphatic rings. The number of benzene rings is 2. The van der Waals surface area contributed by atoms with Crippen molar-refractivity contribution in [2.45, 2.75) is 78.9 Å².